The fraction of sp³-hybridized carbons (Fsp3) is 0.111. The molecule has 0 spiro atoms. The molecule has 78 valence electrons. The largest absolute Gasteiger partial charge is 0.220 e. The number of halogens is 3. The molecular weight excluding hydrogens is 345 g/mol. The fourth-order valence-corrected chi connectivity index (χ4v) is 2.26. The highest BCUT2D eigenvalue weighted by Gasteiger charge is 2.03. The van der Waals surface area contributed by atoms with Crippen LogP contribution in [0.1, 0.15) is 5.69 Å². The summed E-state index contributed by atoms with van der Waals surface area (Å²) < 4.78 is 2.61. The second kappa shape index (κ2) is 4.63. The molecule has 1 aromatic carbocycles. The summed E-state index contributed by atoms with van der Waals surface area (Å²) in [6.07, 6.45) is 1.85. The average molecular weight is 351 g/mol. The van der Waals surface area contributed by atoms with Crippen molar-refractivity contribution in [1.29, 1.82) is 0 Å². The van der Waals surface area contributed by atoms with Crippen LogP contribution in [-0.2, 0) is 5.33 Å². The van der Waals surface area contributed by atoms with E-state index in [-0.39, 0.29) is 0 Å². The van der Waals surface area contributed by atoms with Gasteiger partial charge in [0.15, 0.2) is 0 Å². The molecular formula is C9H6Br2ClN3. The predicted molar refractivity (Wildman–Crippen MR) is 66.7 cm³/mol. The maximum Gasteiger partial charge on any atom is 0.0937 e. The first kappa shape index (κ1) is 11.1. The zero-order valence-corrected chi connectivity index (χ0v) is 11.4. The molecule has 0 aliphatic heterocycles. The van der Waals surface area contributed by atoms with Crippen molar-refractivity contribution in [2.24, 2.45) is 0 Å². The van der Waals surface area contributed by atoms with Crippen LogP contribution in [0.25, 0.3) is 5.69 Å². The maximum atomic E-state index is 5.94. The van der Waals surface area contributed by atoms with Crippen LogP contribution >= 0.6 is 43.5 Å². The van der Waals surface area contributed by atoms with E-state index in [4.69, 9.17) is 11.6 Å². The molecule has 0 bridgehead atoms. The molecule has 0 unspecified atom stereocenters. The van der Waals surface area contributed by atoms with Gasteiger partial charge >= 0.3 is 0 Å². The first-order valence-electron chi connectivity index (χ1n) is 4.12. The van der Waals surface area contributed by atoms with E-state index in [1.54, 1.807) is 4.68 Å². The Balaban J connectivity index is 2.44. The van der Waals surface area contributed by atoms with Crippen molar-refractivity contribution in [2.45, 2.75) is 5.33 Å². The Morgan fingerprint density at radius 2 is 2.13 bits per heavy atom. The highest BCUT2D eigenvalue weighted by molar-refractivity contribution is 9.10. The number of hydrogen-bond acceptors (Lipinski definition) is 2. The summed E-state index contributed by atoms with van der Waals surface area (Å²) in [7, 11) is 0. The lowest BCUT2D eigenvalue weighted by Gasteiger charge is -2.01. The minimum absolute atomic E-state index is 0.662. The Bertz CT molecular complexity index is 464. The van der Waals surface area contributed by atoms with E-state index >= 15 is 0 Å². The Kier molecular flexibility index (Phi) is 3.43. The molecule has 3 nitrogen and oxygen atoms in total. The van der Waals surface area contributed by atoms with Crippen LogP contribution in [0.2, 0.25) is 5.02 Å². The highest BCUT2D eigenvalue weighted by Crippen LogP contribution is 2.21. The van der Waals surface area contributed by atoms with E-state index in [0.717, 1.165) is 15.9 Å². The Labute approximate surface area is 109 Å². The van der Waals surface area contributed by atoms with E-state index in [0.29, 0.717) is 10.4 Å². The zero-order chi connectivity index (χ0) is 10.8. The summed E-state index contributed by atoms with van der Waals surface area (Å²) in [5.41, 5.74) is 1.76. The van der Waals surface area contributed by atoms with Gasteiger partial charge in [-0.25, -0.2) is 4.68 Å². The molecule has 15 heavy (non-hydrogen) atoms. The fourth-order valence-electron chi connectivity index (χ4n) is 1.16. The summed E-state index contributed by atoms with van der Waals surface area (Å²) in [5.74, 6) is 0. The van der Waals surface area contributed by atoms with Crippen LogP contribution in [0.15, 0.2) is 28.9 Å². The van der Waals surface area contributed by atoms with E-state index in [2.05, 4.69) is 42.2 Å². The number of nitrogens with zero attached hydrogens (tertiary/aromatic N) is 3. The first-order chi connectivity index (χ1) is 7.19. The van der Waals surface area contributed by atoms with Crippen molar-refractivity contribution in [2.75, 3.05) is 0 Å². The molecule has 2 rings (SSSR count). The molecule has 1 heterocycles. The van der Waals surface area contributed by atoms with E-state index < -0.39 is 0 Å². The van der Waals surface area contributed by atoms with E-state index in [1.807, 2.05) is 24.4 Å². The van der Waals surface area contributed by atoms with Gasteiger partial charge in [0.05, 0.1) is 17.6 Å². The summed E-state index contributed by atoms with van der Waals surface area (Å²) in [6, 6.07) is 5.59. The first-order valence-corrected chi connectivity index (χ1v) is 6.42. The lowest BCUT2D eigenvalue weighted by Crippen LogP contribution is -1.94. The molecule has 0 fully saturated rings. The third-order valence-corrected chi connectivity index (χ3v) is 3.04. The quantitative estimate of drug-likeness (QED) is 0.775. The van der Waals surface area contributed by atoms with Crippen LogP contribution in [0.5, 0.6) is 0 Å². The molecule has 0 amide bonds. The number of rotatable bonds is 2. The van der Waals surface area contributed by atoms with Gasteiger partial charge in [-0.1, -0.05) is 48.7 Å². The summed E-state index contributed by atoms with van der Waals surface area (Å²) in [6.45, 7) is 0. The maximum absolute atomic E-state index is 5.94. The molecule has 0 saturated carbocycles. The Morgan fingerprint density at radius 1 is 1.33 bits per heavy atom. The lowest BCUT2D eigenvalue weighted by molar-refractivity contribution is 0.800. The van der Waals surface area contributed by atoms with E-state index in [9.17, 15) is 0 Å². The molecule has 0 N–H and O–H groups in total. The highest BCUT2D eigenvalue weighted by atomic mass is 79.9. The van der Waals surface area contributed by atoms with Crippen LogP contribution in [-0.4, -0.2) is 15.0 Å². The van der Waals surface area contributed by atoms with Gasteiger partial charge in [0, 0.05) is 14.8 Å². The average Bonchev–Trinajstić information content (AvgIpc) is 2.64. The van der Waals surface area contributed by atoms with Gasteiger partial charge in [-0.15, -0.1) is 5.10 Å². The summed E-state index contributed by atoms with van der Waals surface area (Å²) in [5, 5.41) is 9.33. The van der Waals surface area contributed by atoms with Crippen molar-refractivity contribution >= 4 is 43.5 Å². The van der Waals surface area contributed by atoms with Crippen molar-refractivity contribution in [3.63, 3.8) is 0 Å². The molecule has 0 atom stereocenters. The zero-order valence-electron chi connectivity index (χ0n) is 7.49. The van der Waals surface area contributed by atoms with Crippen molar-refractivity contribution in [3.8, 4) is 5.69 Å². The smallest absolute Gasteiger partial charge is 0.0937 e. The van der Waals surface area contributed by atoms with Crippen molar-refractivity contribution in [3.05, 3.63) is 39.6 Å². The number of aromatic nitrogens is 3. The molecule has 2 aromatic rings. The minimum Gasteiger partial charge on any atom is -0.220 e. The van der Waals surface area contributed by atoms with Crippen LogP contribution in [0.3, 0.4) is 0 Å². The van der Waals surface area contributed by atoms with Gasteiger partial charge in [-0.05, 0) is 18.2 Å². The lowest BCUT2D eigenvalue weighted by atomic mass is 10.3. The van der Waals surface area contributed by atoms with Gasteiger partial charge in [-0.3, -0.25) is 0 Å². The van der Waals surface area contributed by atoms with Crippen LogP contribution < -0.4 is 0 Å². The predicted octanol–water partition coefficient (Wildman–Crippen LogP) is 3.58. The molecule has 1 aromatic heterocycles. The Morgan fingerprint density at radius 3 is 2.73 bits per heavy atom. The molecule has 0 aliphatic carbocycles. The number of benzene rings is 1. The van der Waals surface area contributed by atoms with Crippen molar-refractivity contribution in [1.82, 2.24) is 15.0 Å². The molecule has 6 heteroatoms. The number of alkyl halides is 1. The third kappa shape index (κ3) is 2.59. The SMILES string of the molecule is Clc1cc(Br)cc(-n2cc(CBr)nn2)c1. The third-order valence-electron chi connectivity index (χ3n) is 1.79. The second-order valence-electron chi connectivity index (χ2n) is 2.92. The van der Waals surface area contributed by atoms with Gasteiger partial charge in [0.25, 0.3) is 0 Å². The second-order valence-corrected chi connectivity index (χ2v) is 4.83. The van der Waals surface area contributed by atoms with Crippen molar-refractivity contribution < 1.29 is 0 Å². The molecule has 0 saturated heterocycles. The summed E-state index contributed by atoms with van der Waals surface area (Å²) in [4.78, 5) is 0. The van der Waals surface area contributed by atoms with Gasteiger partial charge in [0.2, 0.25) is 0 Å². The van der Waals surface area contributed by atoms with Gasteiger partial charge in [0.1, 0.15) is 0 Å². The van der Waals surface area contributed by atoms with Crippen LogP contribution in [0, 0.1) is 0 Å². The number of hydrogen-bond donors (Lipinski definition) is 0. The minimum atomic E-state index is 0.662. The topological polar surface area (TPSA) is 30.7 Å². The van der Waals surface area contributed by atoms with Gasteiger partial charge in [-0.2, -0.15) is 0 Å². The molecule has 0 aliphatic rings. The molecule has 0 radical (unpaired) electrons. The normalized spacial score (nSPS) is 10.6. The Hall–Kier alpha value is -0.390. The summed E-state index contributed by atoms with van der Waals surface area (Å²) >= 11 is 12.6. The van der Waals surface area contributed by atoms with E-state index in [1.165, 1.54) is 0 Å². The van der Waals surface area contributed by atoms with Crippen LogP contribution in [0.4, 0.5) is 0 Å². The van der Waals surface area contributed by atoms with Gasteiger partial charge < -0.3 is 0 Å². The standard InChI is InChI=1S/C9H6Br2ClN3/c10-4-8-5-15(14-13-8)9-2-6(11)1-7(12)3-9/h1-3,5H,4H2. The monoisotopic (exact) mass is 349 g/mol.